The molecule has 2 N–H and O–H groups in total. The SMILES string of the molecule is C=C=Nc1ccc(Cc2ccc(NCO)c(C)c2)cc1C. The van der Waals surface area contributed by atoms with Crippen molar-refractivity contribution in [2.24, 2.45) is 4.99 Å². The Labute approximate surface area is 125 Å². The van der Waals surface area contributed by atoms with E-state index in [0.717, 1.165) is 28.9 Å². The van der Waals surface area contributed by atoms with Gasteiger partial charge in [-0.15, -0.1) is 0 Å². The van der Waals surface area contributed by atoms with E-state index in [-0.39, 0.29) is 6.73 Å². The summed E-state index contributed by atoms with van der Waals surface area (Å²) in [5.41, 5.74) is 6.62. The minimum Gasteiger partial charge on any atom is -0.377 e. The summed E-state index contributed by atoms with van der Waals surface area (Å²) in [5, 5.41) is 11.8. The number of anilines is 1. The maximum absolute atomic E-state index is 8.92. The average molecular weight is 280 g/mol. The normalized spacial score (nSPS) is 10.0. The van der Waals surface area contributed by atoms with Crippen LogP contribution in [-0.2, 0) is 6.42 Å². The van der Waals surface area contributed by atoms with Crippen molar-refractivity contribution in [2.45, 2.75) is 20.3 Å². The van der Waals surface area contributed by atoms with Crippen molar-refractivity contribution in [1.29, 1.82) is 0 Å². The van der Waals surface area contributed by atoms with Gasteiger partial charge in [0.15, 0.2) is 0 Å². The third-order valence-corrected chi connectivity index (χ3v) is 3.43. The van der Waals surface area contributed by atoms with E-state index in [4.69, 9.17) is 5.11 Å². The van der Waals surface area contributed by atoms with E-state index in [2.05, 4.69) is 47.0 Å². The second-order valence-corrected chi connectivity index (χ2v) is 5.05. The highest BCUT2D eigenvalue weighted by Gasteiger charge is 2.03. The van der Waals surface area contributed by atoms with Crippen LogP contribution in [0.5, 0.6) is 0 Å². The molecule has 0 aliphatic carbocycles. The highest BCUT2D eigenvalue weighted by Crippen LogP contribution is 2.22. The number of aliphatic hydroxyl groups is 1. The first-order valence-corrected chi connectivity index (χ1v) is 6.90. The molecule has 0 fully saturated rings. The first-order valence-electron chi connectivity index (χ1n) is 6.90. The summed E-state index contributed by atoms with van der Waals surface area (Å²) in [6.45, 7) is 7.53. The number of hydrogen-bond donors (Lipinski definition) is 2. The van der Waals surface area contributed by atoms with E-state index < -0.39 is 0 Å². The van der Waals surface area contributed by atoms with Crippen molar-refractivity contribution in [3.05, 3.63) is 65.2 Å². The Kier molecular flexibility index (Phi) is 4.94. The van der Waals surface area contributed by atoms with Crippen molar-refractivity contribution < 1.29 is 5.11 Å². The van der Waals surface area contributed by atoms with Crippen LogP contribution < -0.4 is 5.32 Å². The molecule has 0 unspecified atom stereocenters. The van der Waals surface area contributed by atoms with Gasteiger partial charge >= 0.3 is 0 Å². The van der Waals surface area contributed by atoms with Gasteiger partial charge < -0.3 is 10.4 Å². The molecule has 0 bridgehead atoms. The summed E-state index contributed by atoms with van der Waals surface area (Å²) >= 11 is 0. The smallest absolute Gasteiger partial charge is 0.113 e. The number of aryl methyl sites for hydroxylation is 2. The Morgan fingerprint density at radius 3 is 2.33 bits per heavy atom. The predicted octanol–water partition coefficient (Wildman–Crippen LogP) is 3.74. The molecule has 21 heavy (non-hydrogen) atoms. The molecule has 0 aliphatic rings. The van der Waals surface area contributed by atoms with Gasteiger partial charge in [-0.2, -0.15) is 0 Å². The minimum atomic E-state index is -0.0509. The molecule has 2 aromatic carbocycles. The lowest BCUT2D eigenvalue weighted by atomic mass is 10.0. The summed E-state index contributed by atoms with van der Waals surface area (Å²) in [7, 11) is 0. The van der Waals surface area contributed by atoms with Crippen LogP contribution in [0.15, 0.2) is 48.0 Å². The Bertz CT molecular complexity index is 686. The standard InChI is InChI=1S/C18H20N2O/c1-4-19-17-7-5-15(9-13(17)2)11-16-6-8-18(20-12-21)14(3)10-16/h5-10,20-21H,1,11-12H2,2-3H3. The number of aliphatic hydroxyl groups excluding tert-OH is 1. The van der Waals surface area contributed by atoms with E-state index in [1.165, 1.54) is 11.1 Å². The second-order valence-electron chi connectivity index (χ2n) is 5.05. The molecule has 0 saturated carbocycles. The van der Waals surface area contributed by atoms with E-state index in [1.54, 1.807) is 0 Å². The van der Waals surface area contributed by atoms with Gasteiger partial charge in [-0.3, -0.25) is 0 Å². The predicted molar refractivity (Wildman–Crippen MR) is 88.6 cm³/mol. The van der Waals surface area contributed by atoms with Crippen molar-refractivity contribution >= 4 is 17.2 Å². The zero-order chi connectivity index (χ0) is 15.2. The first kappa shape index (κ1) is 15.0. The number of nitrogens with one attached hydrogen (secondary N) is 1. The Morgan fingerprint density at radius 1 is 1.10 bits per heavy atom. The lowest BCUT2D eigenvalue weighted by Crippen LogP contribution is -2.01. The summed E-state index contributed by atoms with van der Waals surface area (Å²) in [6.07, 6.45) is 0.874. The lowest BCUT2D eigenvalue weighted by Gasteiger charge is -2.10. The second kappa shape index (κ2) is 6.89. The number of rotatable bonds is 5. The van der Waals surface area contributed by atoms with Gasteiger partial charge in [0.2, 0.25) is 0 Å². The average Bonchev–Trinajstić information content (AvgIpc) is 2.45. The number of nitrogens with zero attached hydrogens (tertiary/aromatic N) is 1. The maximum Gasteiger partial charge on any atom is 0.113 e. The molecular formula is C18H20N2O. The largest absolute Gasteiger partial charge is 0.377 e. The molecular weight excluding hydrogens is 260 g/mol. The van der Waals surface area contributed by atoms with Crippen molar-refractivity contribution in [3.63, 3.8) is 0 Å². The fourth-order valence-electron chi connectivity index (χ4n) is 2.39. The van der Waals surface area contributed by atoms with Gasteiger partial charge in [-0.25, -0.2) is 4.99 Å². The van der Waals surface area contributed by atoms with E-state index in [0.29, 0.717) is 0 Å². The van der Waals surface area contributed by atoms with Crippen LogP contribution in [-0.4, -0.2) is 17.7 Å². The molecule has 3 nitrogen and oxygen atoms in total. The molecule has 0 aromatic heterocycles. The van der Waals surface area contributed by atoms with Gasteiger partial charge in [0.1, 0.15) is 6.73 Å². The van der Waals surface area contributed by atoms with E-state index >= 15 is 0 Å². The molecule has 108 valence electrons. The quantitative estimate of drug-likeness (QED) is 0.647. The fraction of sp³-hybridized carbons (Fsp3) is 0.222. The molecule has 0 radical (unpaired) electrons. The molecule has 3 heteroatoms. The highest BCUT2D eigenvalue weighted by atomic mass is 16.3. The first-order chi connectivity index (χ1) is 10.1. The van der Waals surface area contributed by atoms with Gasteiger partial charge in [0, 0.05) is 5.69 Å². The lowest BCUT2D eigenvalue weighted by molar-refractivity contribution is 0.325. The summed E-state index contributed by atoms with van der Waals surface area (Å²) in [5.74, 6) is 2.57. The third kappa shape index (κ3) is 3.82. The summed E-state index contributed by atoms with van der Waals surface area (Å²) < 4.78 is 0. The van der Waals surface area contributed by atoms with Crippen LogP contribution in [0.3, 0.4) is 0 Å². The van der Waals surface area contributed by atoms with E-state index in [1.807, 2.05) is 26.0 Å². The zero-order valence-corrected chi connectivity index (χ0v) is 12.5. The van der Waals surface area contributed by atoms with E-state index in [9.17, 15) is 0 Å². The summed E-state index contributed by atoms with van der Waals surface area (Å²) in [4.78, 5) is 4.11. The molecule has 0 spiro atoms. The van der Waals surface area contributed by atoms with Crippen LogP contribution in [0.1, 0.15) is 22.3 Å². The number of hydrogen-bond acceptors (Lipinski definition) is 3. The number of benzene rings is 2. The topological polar surface area (TPSA) is 44.6 Å². The van der Waals surface area contributed by atoms with Crippen molar-refractivity contribution in [1.82, 2.24) is 0 Å². The van der Waals surface area contributed by atoms with Gasteiger partial charge in [-0.1, -0.05) is 24.3 Å². The van der Waals surface area contributed by atoms with Gasteiger partial charge in [0.25, 0.3) is 0 Å². The summed E-state index contributed by atoms with van der Waals surface area (Å²) in [6, 6.07) is 12.4. The van der Waals surface area contributed by atoms with Crippen LogP contribution in [0.4, 0.5) is 11.4 Å². The fourth-order valence-corrected chi connectivity index (χ4v) is 2.39. The minimum absolute atomic E-state index is 0.0509. The Hall–Kier alpha value is -2.35. The molecule has 2 rings (SSSR count). The molecule has 0 aliphatic heterocycles. The van der Waals surface area contributed by atoms with Crippen molar-refractivity contribution in [2.75, 3.05) is 12.0 Å². The molecule has 0 heterocycles. The molecule has 0 saturated heterocycles. The number of aliphatic imine (C=N–C) groups is 1. The highest BCUT2D eigenvalue weighted by molar-refractivity contribution is 5.59. The van der Waals surface area contributed by atoms with Gasteiger partial charge in [0.05, 0.1) is 5.69 Å². The molecule has 0 amide bonds. The van der Waals surface area contributed by atoms with Crippen molar-refractivity contribution in [3.8, 4) is 0 Å². The van der Waals surface area contributed by atoms with Gasteiger partial charge in [-0.05, 0) is 67.1 Å². The van der Waals surface area contributed by atoms with Crippen LogP contribution in [0.2, 0.25) is 0 Å². The van der Waals surface area contributed by atoms with Crippen LogP contribution in [0, 0.1) is 13.8 Å². The van der Waals surface area contributed by atoms with Crippen LogP contribution >= 0.6 is 0 Å². The zero-order valence-electron chi connectivity index (χ0n) is 12.5. The maximum atomic E-state index is 8.92. The molecule has 2 aromatic rings. The Balaban J connectivity index is 2.20. The Morgan fingerprint density at radius 2 is 1.76 bits per heavy atom. The van der Waals surface area contributed by atoms with Crippen LogP contribution in [0.25, 0.3) is 0 Å². The monoisotopic (exact) mass is 280 g/mol. The molecule has 0 atom stereocenters. The third-order valence-electron chi connectivity index (χ3n) is 3.43.